The minimum atomic E-state index is 0.523. The molecule has 0 spiro atoms. The van der Waals surface area contributed by atoms with Crippen LogP contribution in [0.15, 0.2) is 52.1 Å². The molecule has 0 aliphatic rings. The van der Waals surface area contributed by atoms with E-state index in [1.54, 1.807) is 24.6 Å². The lowest BCUT2D eigenvalue weighted by Crippen LogP contribution is -1.89. The van der Waals surface area contributed by atoms with Crippen molar-refractivity contribution in [1.82, 2.24) is 9.97 Å². The number of furan rings is 2. The summed E-state index contributed by atoms with van der Waals surface area (Å²) in [5.41, 5.74) is 7.84. The maximum absolute atomic E-state index is 5.88. The highest BCUT2D eigenvalue weighted by Crippen LogP contribution is 2.37. The number of hydrogen-bond acceptors (Lipinski definition) is 5. The van der Waals surface area contributed by atoms with E-state index in [0.29, 0.717) is 22.9 Å². The molecule has 0 aliphatic heterocycles. The van der Waals surface area contributed by atoms with Gasteiger partial charge in [-0.25, -0.2) is 9.97 Å². The molecule has 0 amide bonds. The molecular formula is C12H9N3O2. The van der Waals surface area contributed by atoms with Gasteiger partial charge in [0.05, 0.1) is 23.2 Å². The second kappa shape index (κ2) is 3.79. The van der Waals surface area contributed by atoms with Gasteiger partial charge in [0.1, 0.15) is 12.6 Å². The zero-order valence-electron chi connectivity index (χ0n) is 8.83. The molecule has 0 aliphatic carbocycles. The molecule has 3 aromatic heterocycles. The van der Waals surface area contributed by atoms with Crippen LogP contribution in [0.2, 0.25) is 0 Å². The Labute approximate surface area is 96.9 Å². The Bertz CT molecular complexity index is 615. The summed E-state index contributed by atoms with van der Waals surface area (Å²) < 4.78 is 10.7. The summed E-state index contributed by atoms with van der Waals surface area (Å²) in [6.07, 6.45) is 6.18. The molecule has 0 unspecified atom stereocenters. The van der Waals surface area contributed by atoms with Crippen molar-refractivity contribution in [3.8, 4) is 22.8 Å². The molecule has 0 saturated heterocycles. The second-order valence-corrected chi connectivity index (χ2v) is 3.47. The van der Waals surface area contributed by atoms with Gasteiger partial charge < -0.3 is 14.6 Å². The van der Waals surface area contributed by atoms with Crippen molar-refractivity contribution in [1.29, 1.82) is 0 Å². The summed E-state index contributed by atoms with van der Waals surface area (Å²) in [7, 11) is 0. The smallest absolute Gasteiger partial charge is 0.180 e. The third-order valence-corrected chi connectivity index (χ3v) is 2.40. The van der Waals surface area contributed by atoms with E-state index < -0.39 is 0 Å². The number of anilines is 1. The first kappa shape index (κ1) is 9.65. The van der Waals surface area contributed by atoms with Crippen molar-refractivity contribution in [3.05, 3.63) is 43.2 Å². The molecule has 3 rings (SSSR count). The lowest BCUT2D eigenvalue weighted by molar-refractivity contribution is 0.525. The van der Waals surface area contributed by atoms with Crippen molar-refractivity contribution >= 4 is 5.69 Å². The minimum Gasteiger partial charge on any atom is -0.461 e. The lowest BCUT2D eigenvalue weighted by atomic mass is 10.1. The van der Waals surface area contributed by atoms with Gasteiger partial charge in [-0.2, -0.15) is 0 Å². The Morgan fingerprint density at radius 2 is 2.12 bits per heavy atom. The van der Waals surface area contributed by atoms with Gasteiger partial charge in [-0.3, -0.25) is 0 Å². The highest BCUT2D eigenvalue weighted by Gasteiger charge is 2.18. The minimum absolute atomic E-state index is 0.523. The molecule has 0 atom stereocenters. The molecule has 0 aromatic carbocycles. The fraction of sp³-hybridized carbons (Fsp3) is 0. The van der Waals surface area contributed by atoms with E-state index in [4.69, 9.17) is 14.6 Å². The Hall–Kier alpha value is -2.56. The summed E-state index contributed by atoms with van der Waals surface area (Å²) in [6.45, 7) is 0. The molecule has 5 heteroatoms. The second-order valence-electron chi connectivity index (χ2n) is 3.47. The summed E-state index contributed by atoms with van der Waals surface area (Å²) in [6, 6.07) is 5.37. The number of nitrogens with two attached hydrogens (primary N) is 1. The molecule has 3 heterocycles. The van der Waals surface area contributed by atoms with Crippen LogP contribution in [-0.4, -0.2) is 9.97 Å². The molecule has 0 fully saturated rings. The van der Waals surface area contributed by atoms with Crippen LogP contribution in [0.5, 0.6) is 0 Å². The first-order valence-corrected chi connectivity index (χ1v) is 5.03. The molecule has 2 N–H and O–H groups in total. The van der Waals surface area contributed by atoms with Crippen LogP contribution in [0.1, 0.15) is 0 Å². The first-order valence-electron chi connectivity index (χ1n) is 5.03. The maximum atomic E-state index is 5.88. The average molecular weight is 227 g/mol. The van der Waals surface area contributed by atoms with Crippen LogP contribution in [-0.2, 0) is 0 Å². The van der Waals surface area contributed by atoms with Gasteiger partial charge in [-0.05, 0) is 18.2 Å². The predicted octanol–water partition coefficient (Wildman–Crippen LogP) is 2.58. The van der Waals surface area contributed by atoms with Crippen molar-refractivity contribution < 1.29 is 8.83 Å². The fourth-order valence-electron chi connectivity index (χ4n) is 1.66. The SMILES string of the molecule is Nc1coc(-c2ccco2)c1-c1ccncn1. The number of nitrogens with zero attached hydrogens (tertiary/aromatic N) is 2. The molecular weight excluding hydrogens is 218 g/mol. The monoisotopic (exact) mass is 227 g/mol. The van der Waals surface area contributed by atoms with Gasteiger partial charge in [0, 0.05) is 6.20 Å². The van der Waals surface area contributed by atoms with Crippen LogP contribution in [0, 0.1) is 0 Å². The van der Waals surface area contributed by atoms with E-state index in [-0.39, 0.29) is 0 Å². The largest absolute Gasteiger partial charge is 0.461 e. The highest BCUT2D eigenvalue weighted by molar-refractivity contribution is 5.84. The topological polar surface area (TPSA) is 78.1 Å². The highest BCUT2D eigenvalue weighted by atomic mass is 16.4. The third kappa shape index (κ3) is 1.57. The Balaban J connectivity index is 2.20. The quantitative estimate of drug-likeness (QED) is 0.727. The summed E-state index contributed by atoms with van der Waals surface area (Å²) in [5, 5.41) is 0. The lowest BCUT2D eigenvalue weighted by Gasteiger charge is -2.00. The Morgan fingerprint density at radius 3 is 2.82 bits per heavy atom. The normalized spacial score (nSPS) is 10.6. The van der Waals surface area contributed by atoms with Crippen molar-refractivity contribution in [2.75, 3.05) is 5.73 Å². The molecule has 0 saturated carbocycles. The van der Waals surface area contributed by atoms with Crippen LogP contribution in [0.4, 0.5) is 5.69 Å². The van der Waals surface area contributed by atoms with Crippen molar-refractivity contribution in [2.45, 2.75) is 0 Å². The van der Waals surface area contributed by atoms with Crippen LogP contribution in [0.3, 0.4) is 0 Å². The van der Waals surface area contributed by atoms with E-state index >= 15 is 0 Å². The number of rotatable bonds is 2. The van der Waals surface area contributed by atoms with Gasteiger partial charge in [-0.15, -0.1) is 0 Å². The van der Waals surface area contributed by atoms with E-state index in [1.807, 2.05) is 6.07 Å². The van der Waals surface area contributed by atoms with Crippen LogP contribution >= 0.6 is 0 Å². The van der Waals surface area contributed by atoms with Crippen LogP contribution in [0.25, 0.3) is 22.8 Å². The molecule has 0 radical (unpaired) electrons. The van der Waals surface area contributed by atoms with Gasteiger partial charge in [0.2, 0.25) is 0 Å². The van der Waals surface area contributed by atoms with E-state index in [9.17, 15) is 0 Å². The average Bonchev–Trinajstić information content (AvgIpc) is 2.98. The first-order chi connectivity index (χ1) is 8.36. The molecule has 0 bridgehead atoms. The standard InChI is InChI=1S/C12H9N3O2/c13-8-6-17-12(10-2-1-5-16-10)11(8)9-3-4-14-7-15-9/h1-7H,13H2. The number of hydrogen-bond donors (Lipinski definition) is 1. The molecule has 17 heavy (non-hydrogen) atoms. The van der Waals surface area contributed by atoms with Crippen LogP contribution < -0.4 is 5.73 Å². The summed E-state index contributed by atoms with van der Waals surface area (Å²) in [4.78, 5) is 8.03. The number of nitrogen functional groups attached to an aromatic ring is 1. The van der Waals surface area contributed by atoms with Gasteiger partial charge >= 0.3 is 0 Å². The molecule has 3 aromatic rings. The zero-order chi connectivity index (χ0) is 11.7. The van der Waals surface area contributed by atoms with Gasteiger partial charge in [0.25, 0.3) is 0 Å². The van der Waals surface area contributed by atoms with Crippen molar-refractivity contribution in [2.24, 2.45) is 0 Å². The van der Waals surface area contributed by atoms with E-state index in [1.165, 1.54) is 12.6 Å². The van der Waals surface area contributed by atoms with Gasteiger partial charge in [-0.1, -0.05) is 0 Å². The summed E-state index contributed by atoms with van der Waals surface area (Å²) >= 11 is 0. The summed E-state index contributed by atoms with van der Waals surface area (Å²) in [5.74, 6) is 1.20. The zero-order valence-corrected chi connectivity index (χ0v) is 8.83. The van der Waals surface area contributed by atoms with Gasteiger partial charge in [0.15, 0.2) is 11.5 Å². The molecule has 5 nitrogen and oxygen atoms in total. The predicted molar refractivity (Wildman–Crippen MR) is 61.8 cm³/mol. The third-order valence-electron chi connectivity index (χ3n) is 2.40. The van der Waals surface area contributed by atoms with Crippen molar-refractivity contribution in [3.63, 3.8) is 0 Å². The Morgan fingerprint density at radius 1 is 1.18 bits per heavy atom. The maximum Gasteiger partial charge on any atom is 0.180 e. The Kier molecular flexibility index (Phi) is 2.15. The number of aromatic nitrogens is 2. The fourth-order valence-corrected chi connectivity index (χ4v) is 1.66. The van der Waals surface area contributed by atoms with E-state index in [2.05, 4.69) is 9.97 Å². The van der Waals surface area contributed by atoms with E-state index in [0.717, 1.165) is 5.56 Å². The molecule has 84 valence electrons.